The second-order valence-electron chi connectivity index (χ2n) is 5.76. The van der Waals surface area contributed by atoms with Crippen molar-refractivity contribution in [1.82, 2.24) is 10.2 Å². The van der Waals surface area contributed by atoms with Crippen molar-refractivity contribution in [3.8, 4) is 0 Å². The van der Waals surface area contributed by atoms with Gasteiger partial charge in [0.1, 0.15) is 11.4 Å². The molecular weight excluding hydrogens is 312 g/mol. The molecule has 2 amide bonds. The van der Waals surface area contributed by atoms with Crippen LogP contribution in [0.2, 0.25) is 0 Å². The van der Waals surface area contributed by atoms with Gasteiger partial charge in [-0.15, -0.1) is 11.8 Å². The van der Waals surface area contributed by atoms with Crippen molar-refractivity contribution in [2.45, 2.75) is 57.4 Å². The standard InChI is InChI=1S/C17H26N2O3S/c1-3-5-6-7-9-18-16(21)14-12-23-17(13-8-10-22-11-13)19(14)15(20)4-2/h8,10-11,14,17H,3-7,9,12H2,1-2H3,(H,18,21). The number of hydrogen-bond donors (Lipinski definition) is 1. The summed E-state index contributed by atoms with van der Waals surface area (Å²) in [4.78, 5) is 26.6. The van der Waals surface area contributed by atoms with Gasteiger partial charge in [-0.05, 0) is 12.5 Å². The summed E-state index contributed by atoms with van der Waals surface area (Å²) in [5.41, 5.74) is 0.940. The van der Waals surface area contributed by atoms with Crippen molar-refractivity contribution in [3.05, 3.63) is 24.2 Å². The van der Waals surface area contributed by atoms with Crippen molar-refractivity contribution < 1.29 is 14.0 Å². The second kappa shape index (κ2) is 9.01. The average Bonchev–Trinajstić information content (AvgIpc) is 3.22. The monoisotopic (exact) mass is 338 g/mol. The first-order valence-electron chi connectivity index (χ1n) is 8.41. The first-order chi connectivity index (χ1) is 11.2. The number of rotatable bonds is 8. The number of nitrogens with zero attached hydrogens (tertiary/aromatic N) is 1. The Balaban J connectivity index is 1.97. The Morgan fingerprint density at radius 1 is 1.35 bits per heavy atom. The highest BCUT2D eigenvalue weighted by Gasteiger charge is 2.41. The zero-order valence-corrected chi connectivity index (χ0v) is 14.7. The molecule has 6 heteroatoms. The average molecular weight is 338 g/mol. The van der Waals surface area contributed by atoms with Crippen LogP contribution in [0.25, 0.3) is 0 Å². The van der Waals surface area contributed by atoms with E-state index in [9.17, 15) is 9.59 Å². The Kier molecular flexibility index (Phi) is 7.02. The molecule has 128 valence electrons. The zero-order chi connectivity index (χ0) is 16.7. The summed E-state index contributed by atoms with van der Waals surface area (Å²) in [5.74, 6) is 0.594. The third-order valence-corrected chi connectivity index (χ3v) is 5.37. The van der Waals surface area contributed by atoms with Crippen LogP contribution in [0.15, 0.2) is 23.0 Å². The van der Waals surface area contributed by atoms with Crippen LogP contribution in [0.4, 0.5) is 0 Å². The molecule has 2 unspecified atom stereocenters. The minimum Gasteiger partial charge on any atom is -0.472 e. The van der Waals surface area contributed by atoms with Gasteiger partial charge < -0.3 is 14.6 Å². The molecule has 1 aliphatic rings. The highest BCUT2D eigenvalue weighted by atomic mass is 32.2. The number of thioether (sulfide) groups is 1. The molecule has 2 rings (SSSR count). The molecule has 2 atom stereocenters. The molecule has 1 N–H and O–H groups in total. The van der Waals surface area contributed by atoms with Gasteiger partial charge in [0, 0.05) is 24.3 Å². The fourth-order valence-corrected chi connectivity index (χ4v) is 4.18. The molecule has 1 aliphatic heterocycles. The normalized spacial score (nSPS) is 20.7. The molecule has 1 saturated heterocycles. The van der Waals surface area contributed by atoms with Gasteiger partial charge in [0.2, 0.25) is 11.8 Å². The van der Waals surface area contributed by atoms with Gasteiger partial charge in [0.25, 0.3) is 0 Å². The van der Waals surface area contributed by atoms with Gasteiger partial charge in [0.05, 0.1) is 12.5 Å². The minimum atomic E-state index is -0.390. The van der Waals surface area contributed by atoms with E-state index in [0.29, 0.717) is 18.7 Å². The van der Waals surface area contributed by atoms with Crippen molar-refractivity contribution in [2.75, 3.05) is 12.3 Å². The van der Waals surface area contributed by atoms with Crippen molar-refractivity contribution >= 4 is 23.6 Å². The van der Waals surface area contributed by atoms with Gasteiger partial charge in [-0.1, -0.05) is 33.1 Å². The third-order valence-electron chi connectivity index (χ3n) is 4.05. The molecule has 0 radical (unpaired) electrons. The molecule has 0 aliphatic carbocycles. The first-order valence-corrected chi connectivity index (χ1v) is 9.46. The smallest absolute Gasteiger partial charge is 0.243 e. The summed E-state index contributed by atoms with van der Waals surface area (Å²) in [6.07, 6.45) is 8.15. The quantitative estimate of drug-likeness (QED) is 0.739. The number of amides is 2. The molecule has 1 aromatic heterocycles. The Morgan fingerprint density at radius 2 is 2.17 bits per heavy atom. The van der Waals surface area contributed by atoms with E-state index in [1.54, 1.807) is 29.2 Å². The lowest BCUT2D eigenvalue weighted by Crippen LogP contribution is -2.47. The van der Waals surface area contributed by atoms with Gasteiger partial charge in [0.15, 0.2) is 0 Å². The largest absolute Gasteiger partial charge is 0.472 e. The maximum absolute atomic E-state index is 12.5. The van der Waals surface area contributed by atoms with Crippen LogP contribution in [0.3, 0.4) is 0 Å². The molecule has 1 aromatic rings. The zero-order valence-electron chi connectivity index (χ0n) is 13.9. The van der Waals surface area contributed by atoms with Gasteiger partial charge in [-0.25, -0.2) is 0 Å². The van der Waals surface area contributed by atoms with Crippen LogP contribution in [-0.4, -0.2) is 35.1 Å². The molecule has 5 nitrogen and oxygen atoms in total. The molecule has 0 spiro atoms. The Hall–Kier alpha value is -1.43. The fourth-order valence-electron chi connectivity index (χ4n) is 2.75. The molecule has 2 heterocycles. The number of carbonyl (C=O) groups is 2. The van der Waals surface area contributed by atoms with Crippen molar-refractivity contribution in [3.63, 3.8) is 0 Å². The Labute approximate surface area is 142 Å². The van der Waals surface area contributed by atoms with E-state index >= 15 is 0 Å². The molecule has 0 bridgehead atoms. The Bertz CT molecular complexity index is 504. The number of hydrogen-bond acceptors (Lipinski definition) is 4. The van der Waals surface area contributed by atoms with E-state index in [4.69, 9.17) is 4.42 Å². The molecule has 0 aromatic carbocycles. The van der Waals surface area contributed by atoms with Gasteiger partial charge in [-0.3, -0.25) is 9.59 Å². The lowest BCUT2D eigenvalue weighted by Gasteiger charge is -2.28. The van der Waals surface area contributed by atoms with Crippen LogP contribution >= 0.6 is 11.8 Å². The molecule has 0 saturated carbocycles. The van der Waals surface area contributed by atoms with Gasteiger partial charge >= 0.3 is 0 Å². The SMILES string of the molecule is CCCCCCNC(=O)C1CSC(c2ccoc2)N1C(=O)CC. The van der Waals surface area contributed by atoms with E-state index in [1.807, 2.05) is 13.0 Å². The summed E-state index contributed by atoms with van der Waals surface area (Å²) in [6, 6.07) is 1.47. The summed E-state index contributed by atoms with van der Waals surface area (Å²) in [6.45, 7) is 4.68. The van der Waals surface area contributed by atoms with E-state index in [1.165, 1.54) is 12.8 Å². The number of furan rings is 1. The summed E-state index contributed by atoms with van der Waals surface area (Å²) in [5, 5.41) is 2.86. The van der Waals surface area contributed by atoms with Crippen LogP contribution in [0.1, 0.15) is 56.9 Å². The predicted molar refractivity (Wildman–Crippen MR) is 92.0 cm³/mol. The summed E-state index contributed by atoms with van der Waals surface area (Å²) >= 11 is 1.62. The van der Waals surface area contributed by atoms with Crippen molar-refractivity contribution in [1.29, 1.82) is 0 Å². The maximum Gasteiger partial charge on any atom is 0.243 e. The van der Waals surface area contributed by atoms with E-state index in [0.717, 1.165) is 18.4 Å². The fraction of sp³-hybridized carbons (Fsp3) is 0.647. The van der Waals surface area contributed by atoms with E-state index in [2.05, 4.69) is 12.2 Å². The predicted octanol–water partition coefficient (Wildman–Crippen LogP) is 3.33. The lowest BCUT2D eigenvalue weighted by molar-refractivity contribution is -0.139. The molecular formula is C17H26N2O3S. The Morgan fingerprint density at radius 3 is 2.83 bits per heavy atom. The van der Waals surface area contributed by atoms with Gasteiger partial charge in [-0.2, -0.15) is 0 Å². The van der Waals surface area contributed by atoms with Crippen molar-refractivity contribution in [2.24, 2.45) is 0 Å². The number of nitrogens with one attached hydrogen (secondary N) is 1. The minimum absolute atomic E-state index is 0.00679. The number of carbonyl (C=O) groups excluding carboxylic acids is 2. The molecule has 23 heavy (non-hydrogen) atoms. The van der Waals surface area contributed by atoms with Crippen LogP contribution in [0.5, 0.6) is 0 Å². The van der Waals surface area contributed by atoms with E-state index < -0.39 is 6.04 Å². The number of unbranched alkanes of at least 4 members (excludes halogenated alkanes) is 3. The highest BCUT2D eigenvalue weighted by Crippen LogP contribution is 2.41. The summed E-state index contributed by atoms with van der Waals surface area (Å²) < 4.78 is 5.13. The topological polar surface area (TPSA) is 62.6 Å². The van der Waals surface area contributed by atoms with Crippen LogP contribution in [0, 0.1) is 0 Å². The van der Waals surface area contributed by atoms with Crippen LogP contribution < -0.4 is 5.32 Å². The highest BCUT2D eigenvalue weighted by molar-refractivity contribution is 7.99. The summed E-state index contributed by atoms with van der Waals surface area (Å²) in [7, 11) is 0. The second-order valence-corrected chi connectivity index (χ2v) is 6.88. The van der Waals surface area contributed by atoms with E-state index in [-0.39, 0.29) is 17.2 Å². The lowest BCUT2D eigenvalue weighted by atomic mass is 10.2. The third kappa shape index (κ3) is 4.53. The maximum atomic E-state index is 12.5. The first kappa shape index (κ1) is 17.9. The molecule has 1 fully saturated rings. The van der Waals surface area contributed by atoms with Crippen LogP contribution in [-0.2, 0) is 9.59 Å².